The Bertz CT molecular complexity index is 871. The van der Waals surface area contributed by atoms with Crippen LogP contribution in [0.5, 0.6) is 5.75 Å². The van der Waals surface area contributed by atoms with E-state index in [1.165, 1.54) is 0 Å². The van der Waals surface area contributed by atoms with Crippen molar-refractivity contribution in [1.82, 2.24) is 15.1 Å². The van der Waals surface area contributed by atoms with Crippen LogP contribution in [0.25, 0.3) is 11.3 Å². The Morgan fingerprint density at radius 2 is 1.93 bits per heavy atom. The highest BCUT2D eigenvalue weighted by Gasteiger charge is 2.35. The second-order valence-electron chi connectivity index (χ2n) is 8.10. The van der Waals surface area contributed by atoms with Crippen molar-refractivity contribution in [1.29, 1.82) is 0 Å². The summed E-state index contributed by atoms with van der Waals surface area (Å²) in [4.78, 5) is 13.6. The molecule has 2 aliphatic heterocycles. The monoisotopic (exact) mass is 399 g/mol. The number of hydrogen-bond donors (Lipinski definition) is 0. The van der Waals surface area contributed by atoms with Crippen LogP contribution in [0.2, 0.25) is 0 Å². The number of aromatic nitrogens is 2. The van der Waals surface area contributed by atoms with Crippen LogP contribution >= 0.6 is 0 Å². The summed E-state index contributed by atoms with van der Waals surface area (Å²) >= 11 is 0. The molecule has 2 aromatic rings. The summed E-state index contributed by atoms with van der Waals surface area (Å²) < 4.78 is 22.4. The van der Waals surface area contributed by atoms with Crippen molar-refractivity contribution in [2.75, 3.05) is 26.3 Å². The standard InChI is InChI=1S/C21H25N3O5/c1-21(2,3)29-20(25)24-12-17(13-24)28-16-10-18(23-22-11-16)14-5-4-6-15(9-14)19-26-7-8-27-19/h4-6,9-11,17,19H,7-8,12-13H2,1-3H3. The lowest BCUT2D eigenvalue weighted by Gasteiger charge is -2.39. The maximum Gasteiger partial charge on any atom is 0.410 e. The Hall–Kier alpha value is -2.71. The van der Waals surface area contributed by atoms with Crippen molar-refractivity contribution in [2.45, 2.75) is 38.8 Å². The summed E-state index contributed by atoms with van der Waals surface area (Å²) in [5, 5.41) is 8.28. The van der Waals surface area contributed by atoms with Gasteiger partial charge in [-0.2, -0.15) is 10.2 Å². The van der Waals surface area contributed by atoms with E-state index in [2.05, 4.69) is 10.2 Å². The van der Waals surface area contributed by atoms with Crippen LogP contribution in [0.1, 0.15) is 32.6 Å². The first kappa shape index (κ1) is 19.6. The first-order valence-corrected chi connectivity index (χ1v) is 9.68. The van der Waals surface area contributed by atoms with Crippen LogP contribution in [0.3, 0.4) is 0 Å². The average molecular weight is 399 g/mol. The summed E-state index contributed by atoms with van der Waals surface area (Å²) in [6.07, 6.45) is 0.827. The van der Waals surface area contributed by atoms with E-state index in [4.69, 9.17) is 18.9 Å². The van der Waals surface area contributed by atoms with Crippen LogP contribution in [0, 0.1) is 0 Å². The number of likely N-dealkylation sites (tertiary alicyclic amines) is 1. The van der Waals surface area contributed by atoms with Crippen molar-refractivity contribution in [3.8, 4) is 17.0 Å². The molecule has 2 aliphatic rings. The van der Waals surface area contributed by atoms with Crippen molar-refractivity contribution >= 4 is 6.09 Å². The van der Waals surface area contributed by atoms with Gasteiger partial charge in [0.25, 0.3) is 0 Å². The maximum atomic E-state index is 12.0. The van der Waals surface area contributed by atoms with Gasteiger partial charge in [0.2, 0.25) is 0 Å². The molecule has 29 heavy (non-hydrogen) atoms. The second kappa shape index (κ2) is 7.96. The summed E-state index contributed by atoms with van der Waals surface area (Å²) in [5.41, 5.74) is 2.05. The Labute approximate surface area is 169 Å². The molecule has 2 fully saturated rings. The molecule has 0 aliphatic carbocycles. The lowest BCUT2D eigenvalue weighted by Crippen LogP contribution is -2.57. The first-order valence-electron chi connectivity index (χ1n) is 9.68. The molecular formula is C21H25N3O5. The highest BCUT2D eigenvalue weighted by Crippen LogP contribution is 2.28. The number of hydrogen-bond acceptors (Lipinski definition) is 7. The zero-order valence-electron chi connectivity index (χ0n) is 16.8. The molecule has 1 amide bonds. The van der Waals surface area contributed by atoms with Gasteiger partial charge in [-0.15, -0.1) is 0 Å². The summed E-state index contributed by atoms with van der Waals surface area (Å²) in [6.45, 7) is 7.71. The minimum absolute atomic E-state index is 0.0915. The number of rotatable bonds is 4. The van der Waals surface area contributed by atoms with Crippen molar-refractivity contribution in [2.24, 2.45) is 0 Å². The Balaban J connectivity index is 1.38. The third-order valence-corrected chi connectivity index (χ3v) is 4.51. The molecule has 0 radical (unpaired) electrons. The second-order valence-corrected chi connectivity index (χ2v) is 8.10. The van der Waals surface area contributed by atoms with Crippen LogP contribution in [-0.4, -0.2) is 59.2 Å². The van der Waals surface area contributed by atoms with E-state index in [1.54, 1.807) is 11.1 Å². The van der Waals surface area contributed by atoms with Gasteiger partial charge in [-0.05, 0) is 26.8 Å². The van der Waals surface area contributed by atoms with E-state index in [0.717, 1.165) is 11.1 Å². The van der Waals surface area contributed by atoms with Crippen molar-refractivity contribution in [3.05, 3.63) is 42.1 Å². The first-order chi connectivity index (χ1) is 13.9. The molecule has 1 aromatic heterocycles. The fraction of sp³-hybridized carbons (Fsp3) is 0.476. The number of carbonyl (C=O) groups is 1. The zero-order valence-corrected chi connectivity index (χ0v) is 16.8. The van der Waals surface area contributed by atoms with Gasteiger partial charge in [0.1, 0.15) is 17.5 Å². The summed E-state index contributed by atoms with van der Waals surface area (Å²) in [6, 6.07) is 9.69. The van der Waals surface area contributed by atoms with Gasteiger partial charge in [-0.1, -0.05) is 18.2 Å². The predicted octanol–water partition coefficient (Wildman–Crippen LogP) is 3.19. The van der Waals surface area contributed by atoms with E-state index in [9.17, 15) is 4.79 Å². The maximum absolute atomic E-state index is 12.0. The minimum Gasteiger partial charge on any atom is -0.485 e. The van der Waals surface area contributed by atoms with Gasteiger partial charge in [-0.25, -0.2) is 4.79 Å². The highest BCUT2D eigenvalue weighted by molar-refractivity contribution is 5.69. The van der Waals surface area contributed by atoms with Gasteiger partial charge >= 0.3 is 6.09 Å². The molecule has 0 unspecified atom stereocenters. The number of benzene rings is 1. The SMILES string of the molecule is CC(C)(C)OC(=O)N1CC(Oc2cnnc(-c3cccc(C4OCCO4)c3)c2)C1. The largest absolute Gasteiger partial charge is 0.485 e. The van der Waals surface area contributed by atoms with Gasteiger partial charge < -0.3 is 23.8 Å². The van der Waals surface area contributed by atoms with Crippen LogP contribution < -0.4 is 4.74 Å². The third kappa shape index (κ3) is 4.83. The van der Waals surface area contributed by atoms with E-state index in [-0.39, 0.29) is 18.5 Å². The molecule has 0 spiro atoms. The van der Waals surface area contributed by atoms with E-state index < -0.39 is 5.60 Å². The zero-order chi connectivity index (χ0) is 20.4. The predicted molar refractivity (Wildman–Crippen MR) is 104 cm³/mol. The fourth-order valence-corrected chi connectivity index (χ4v) is 3.13. The van der Waals surface area contributed by atoms with Crippen LogP contribution in [-0.2, 0) is 14.2 Å². The number of nitrogens with zero attached hydrogens (tertiary/aromatic N) is 3. The lowest BCUT2D eigenvalue weighted by molar-refractivity contribution is -0.0440. The van der Waals surface area contributed by atoms with E-state index in [0.29, 0.717) is 37.7 Å². The molecule has 0 N–H and O–H groups in total. The molecule has 8 heteroatoms. The molecule has 8 nitrogen and oxygen atoms in total. The smallest absolute Gasteiger partial charge is 0.410 e. The Morgan fingerprint density at radius 3 is 2.66 bits per heavy atom. The normalized spacial score (nSPS) is 17.8. The highest BCUT2D eigenvalue weighted by atomic mass is 16.7. The number of amides is 1. The summed E-state index contributed by atoms with van der Waals surface area (Å²) in [7, 11) is 0. The van der Waals surface area contributed by atoms with Gasteiger partial charge in [0.05, 0.1) is 38.2 Å². The number of carbonyl (C=O) groups excluding carboxylic acids is 1. The molecule has 4 rings (SSSR count). The number of ether oxygens (including phenoxy) is 4. The molecule has 154 valence electrons. The third-order valence-electron chi connectivity index (χ3n) is 4.51. The molecule has 2 saturated heterocycles. The van der Waals surface area contributed by atoms with Gasteiger partial charge in [-0.3, -0.25) is 0 Å². The van der Waals surface area contributed by atoms with Crippen molar-refractivity contribution in [3.63, 3.8) is 0 Å². The molecular weight excluding hydrogens is 374 g/mol. The van der Waals surface area contributed by atoms with E-state index in [1.807, 2.05) is 51.1 Å². The molecule has 0 saturated carbocycles. The molecule has 1 aromatic carbocycles. The molecule has 0 bridgehead atoms. The molecule has 0 atom stereocenters. The minimum atomic E-state index is -0.504. The quantitative estimate of drug-likeness (QED) is 0.781. The van der Waals surface area contributed by atoms with Gasteiger partial charge in [0, 0.05) is 17.2 Å². The molecule has 3 heterocycles. The summed E-state index contributed by atoms with van der Waals surface area (Å²) in [5.74, 6) is 0.614. The van der Waals surface area contributed by atoms with Gasteiger partial charge in [0.15, 0.2) is 6.29 Å². The Kier molecular flexibility index (Phi) is 5.38. The van der Waals surface area contributed by atoms with Crippen LogP contribution in [0.4, 0.5) is 4.79 Å². The topological polar surface area (TPSA) is 83.0 Å². The Morgan fingerprint density at radius 1 is 1.17 bits per heavy atom. The van der Waals surface area contributed by atoms with E-state index >= 15 is 0 Å². The lowest BCUT2D eigenvalue weighted by atomic mass is 10.1. The van der Waals surface area contributed by atoms with Crippen molar-refractivity contribution < 1.29 is 23.7 Å². The van der Waals surface area contributed by atoms with Crippen LogP contribution in [0.15, 0.2) is 36.5 Å². The average Bonchev–Trinajstić information content (AvgIpc) is 3.18. The fourth-order valence-electron chi connectivity index (χ4n) is 3.13.